The van der Waals surface area contributed by atoms with E-state index in [1.807, 2.05) is 6.08 Å². The second-order valence-electron chi connectivity index (χ2n) is 6.38. The normalized spacial score (nSPS) is 10.1. The molecule has 0 bridgehead atoms. The predicted octanol–water partition coefficient (Wildman–Crippen LogP) is 7.32. The van der Waals surface area contributed by atoms with Gasteiger partial charge in [0.2, 0.25) is 0 Å². The molecule has 0 aliphatic heterocycles. The number of hydrogen-bond acceptors (Lipinski definition) is 2. The smallest absolute Gasteiger partial charge is 0.333 e. The van der Waals surface area contributed by atoms with Crippen LogP contribution in [0.2, 0.25) is 0 Å². The van der Waals surface area contributed by atoms with Crippen molar-refractivity contribution >= 4 is 12.0 Å². The molecule has 2 nitrogen and oxygen atoms in total. The zero-order valence-corrected chi connectivity index (χ0v) is 17.8. The number of unbranched alkanes of at least 4 members (excludes halogenated alkanes) is 1. The number of carbonyl (C=O) groups excluding carboxylic acids is 1. The van der Waals surface area contributed by atoms with Crippen LogP contribution in [0.5, 0.6) is 0 Å². The van der Waals surface area contributed by atoms with E-state index in [4.69, 9.17) is 4.74 Å². The van der Waals surface area contributed by atoms with Gasteiger partial charge in [-0.15, -0.1) is 0 Å². The van der Waals surface area contributed by atoms with Gasteiger partial charge in [0, 0.05) is 5.57 Å². The van der Waals surface area contributed by atoms with Crippen LogP contribution in [0.1, 0.15) is 57.6 Å². The van der Waals surface area contributed by atoms with Crippen molar-refractivity contribution in [3.05, 3.63) is 79.4 Å². The molecule has 1 unspecified atom stereocenters. The summed E-state index contributed by atoms with van der Waals surface area (Å²) in [5.74, 6) is 0.248. The lowest BCUT2D eigenvalue weighted by Gasteiger charge is -2.14. The van der Waals surface area contributed by atoms with Crippen LogP contribution in [-0.2, 0) is 9.53 Å². The highest BCUT2D eigenvalue weighted by molar-refractivity contribution is 5.86. The van der Waals surface area contributed by atoms with Crippen molar-refractivity contribution in [2.45, 2.75) is 53.4 Å². The van der Waals surface area contributed by atoms with Gasteiger partial charge in [-0.1, -0.05) is 107 Å². The van der Waals surface area contributed by atoms with Crippen molar-refractivity contribution in [3.8, 4) is 0 Å². The van der Waals surface area contributed by atoms with Gasteiger partial charge in [0.1, 0.15) is 0 Å². The van der Waals surface area contributed by atoms with Gasteiger partial charge in [0.25, 0.3) is 0 Å². The van der Waals surface area contributed by atoms with Crippen molar-refractivity contribution in [2.75, 3.05) is 6.61 Å². The first-order chi connectivity index (χ1) is 12.9. The first-order valence-electron chi connectivity index (χ1n) is 9.61. The van der Waals surface area contributed by atoms with Crippen LogP contribution >= 0.6 is 0 Å². The summed E-state index contributed by atoms with van der Waals surface area (Å²) < 4.78 is 5.12. The van der Waals surface area contributed by atoms with Gasteiger partial charge >= 0.3 is 5.97 Å². The highest BCUT2D eigenvalue weighted by Gasteiger charge is 2.09. The summed E-state index contributed by atoms with van der Waals surface area (Å²) in [5.41, 5.74) is 2.96. The number of carbonyl (C=O) groups is 1. The Labute approximate surface area is 167 Å². The lowest BCUT2D eigenvalue weighted by molar-refractivity contribution is -0.140. The third-order valence-corrected chi connectivity index (χ3v) is 3.82. The standard InChI is InChI=1S/C12H22O2.C9H10.C4H6/c1-5-7-8-11(6-2)9-14-12(13)10(3)4;1-3-9-6-4-8(2)5-7-9;1-3-4-2/h11H,3,5-9H2,1-2,4H3;3-7H,1H2,2H3;3-4H,1-2H2. The molecule has 2 heteroatoms. The molecule has 150 valence electrons. The first kappa shape index (κ1) is 26.9. The van der Waals surface area contributed by atoms with Crippen molar-refractivity contribution in [1.29, 1.82) is 0 Å². The van der Waals surface area contributed by atoms with E-state index < -0.39 is 0 Å². The van der Waals surface area contributed by atoms with E-state index in [-0.39, 0.29) is 5.97 Å². The Morgan fingerprint density at radius 3 is 2.04 bits per heavy atom. The Morgan fingerprint density at radius 1 is 1.11 bits per heavy atom. The minimum absolute atomic E-state index is 0.264. The molecule has 0 radical (unpaired) electrons. The van der Waals surface area contributed by atoms with E-state index in [1.165, 1.54) is 24.0 Å². The van der Waals surface area contributed by atoms with Crippen LogP contribution in [0.3, 0.4) is 0 Å². The van der Waals surface area contributed by atoms with Crippen molar-refractivity contribution < 1.29 is 9.53 Å². The third-order valence-electron chi connectivity index (χ3n) is 3.82. The second kappa shape index (κ2) is 18.4. The van der Waals surface area contributed by atoms with Gasteiger partial charge in [-0.2, -0.15) is 0 Å². The van der Waals surface area contributed by atoms with E-state index in [0.717, 1.165) is 12.8 Å². The minimum Gasteiger partial charge on any atom is -0.462 e. The molecule has 0 aromatic heterocycles. The molecular formula is C25H38O2. The molecule has 0 fully saturated rings. The minimum atomic E-state index is -0.264. The van der Waals surface area contributed by atoms with E-state index >= 15 is 0 Å². The lowest BCUT2D eigenvalue weighted by Crippen LogP contribution is -2.14. The molecular weight excluding hydrogens is 332 g/mol. The fraction of sp³-hybridized carbons (Fsp3) is 0.400. The lowest BCUT2D eigenvalue weighted by atomic mass is 10.0. The van der Waals surface area contributed by atoms with Gasteiger partial charge in [-0.25, -0.2) is 4.79 Å². The SMILES string of the molecule is C=C(C)C(=O)OCC(CC)CCCC.C=CC=C.C=Cc1ccc(C)cc1. The number of allylic oxidation sites excluding steroid dienone is 2. The molecule has 0 amide bonds. The van der Waals surface area contributed by atoms with Gasteiger partial charge in [-0.05, 0) is 31.7 Å². The average molecular weight is 371 g/mol. The topological polar surface area (TPSA) is 26.3 Å². The molecule has 1 aromatic carbocycles. The largest absolute Gasteiger partial charge is 0.462 e. The van der Waals surface area contributed by atoms with Crippen LogP contribution in [0.15, 0.2) is 68.3 Å². The van der Waals surface area contributed by atoms with Crippen LogP contribution in [0.4, 0.5) is 0 Å². The fourth-order valence-electron chi connectivity index (χ4n) is 1.92. The summed E-state index contributed by atoms with van der Waals surface area (Å²) in [6.07, 6.45) is 9.76. The Hall–Kier alpha value is -2.35. The van der Waals surface area contributed by atoms with Crippen LogP contribution in [0.25, 0.3) is 6.08 Å². The highest BCUT2D eigenvalue weighted by Crippen LogP contribution is 2.13. The second-order valence-corrected chi connectivity index (χ2v) is 6.38. The maximum Gasteiger partial charge on any atom is 0.333 e. The molecule has 1 atom stereocenters. The summed E-state index contributed by atoms with van der Waals surface area (Å²) in [6, 6.07) is 8.28. The Bertz CT molecular complexity index is 546. The highest BCUT2D eigenvalue weighted by atomic mass is 16.5. The number of aryl methyl sites for hydroxylation is 1. The zero-order valence-electron chi connectivity index (χ0n) is 17.8. The van der Waals surface area contributed by atoms with Crippen LogP contribution < -0.4 is 0 Å². The molecule has 0 N–H and O–H groups in total. The number of esters is 1. The summed E-state index contributed by atoms with van der Waals surface area (Å²) in [6.45, 7) is 22.5. The van der Waals surface area contributed by atoms with Crippen molar-refractivity contribution in [1.82, 2.24) is 0 Å². The van der Waals surface area contributed by atoms with Gasteiger partial charge in [0.05, 0.1) is 6.61 Å². The Kier molecular flexibility index (Phi) is 18.4. The molecule has 0 aliphatic carbocycles. The average Bonchev–Trinajstić information content (AvgIpc) is 2.69. The van der Waals surface area contributed by atoms with Crippen molar-refractivity contribution in [2.24, 2.45) is 5.92 Å². The molecule has 27 heavy (non-hydrogen) atoms. The Morgan fingerprint density at radius 2 is 1.67 bits per heavy atom. The summed E-state index contributed by atoms with van der Waals surface area (Å²) >= 11 is 0. The monoisotopic (exact) mass is 370 g/mol. The van der Waals surface area contributed by atoms with E-state index in [1.54, 1.807) is 19.1 Å². The quantitative estimate of drug-likeness (QED) is 0.258. The molecule has 0 saturated carbocycles. The number of hydrogen-bond donors (Lipinski definition) is 0. The van der Waals surface area contributed by atoms with Crippen LogP contribution in [-0.4, -0.2) is 12.6 Å². The summed E-state index contributed by atoms with van der Waals surface area (Å²) in [7, 11) is 0. The predicted molar refractivity (Wildman–Crippen MR) is 121 cm³/mol. The van der Waals surface area contributed by atoms with Gasteiger partial charge in [0.15, 0.2) is 0 Å². The molecule has 0 spiro atoms. The van der Waals surface area contributed by atoms with Gasteiger partial charge in [-0.3, -0.25) is 0 Å². The molecule has 0 heterocycles. The molecule has 1 rings (SSSR count). The number of ether oxygens (including phenoxy) is 1. The van der Waals surface area contributed by atoms with E-state index in [2.05, 4.69) is 71.4 Å². The van der Waals surface area contributed by atoms with Gasteiger partial charge < -0.3 is 4.74 Å². The van der Waals surface area contributed by atoms with E-state index in [9.17, 15) is 4.79 Å². The van der Waals surface area contributed by atoms with Crippen molar-refractivity contribution in [3.63, 3.8) is 0 Å². The number of rotatable bonds is 9. The maximum atomic E-state index is 11.1. The molecule has 0 saturated heterocycles. The summed E-state index contributed by atoms with van der Waals surface area (Å²) in [4.78, 5) is 11.1. The molecule has 0 aliphatic rings. The third kappa shape index (κ3) is 16.8. The van der Waals surface area contributed by atoms with Crippen LogP contribution in [0, 0.1) is 12.8 Å². The first-order valence-corrected chi connectivity index (χ1v) is 9.61. The number of benzene rings is 1. The fourth-order valence-corrected chi connectivity index (χ4v) is 1.92. The maximum absolute atomic E-state index is 11.1. The summed E-state index contributed by atoms with van der Waals surface area (Å²) in [5, 5.41) is 0. The van der Waals surface area contributed by atoms with E-state index in [0.29, 0.717) is 18.1 Å². The Balaban J connectivity index is 0. The molecule has 1 aromatic rings. The zero-order chi connectivity index (χ0) is 21.1.